The quantitative estimate of drug-likeness (QED) is 0.584. The van der Waals surface area contributed by atoms with Crippen molar-refractivity contribution in [1.29, 1.82) is 0 Å². The molecule has 0 aliphatic carbocycles. The van der Waals surface area contributed by atoms with Crippen LogP contribution in [0.1, 0.15) is 4.88 Å². The van der Waals surface area contributed by atoms with E-state index in [4.69, 9.17) is 0 Å². The number of rotatable bonds is 4. The Kier molecular flexibility index (Phi) is 3.10. The molecular weight excluding hydrogens is 314 g/mol. The van der Waals surface area contributed by atoms with Crippen molar-refractivity contribution < 1.29 is 14.7 Å². The van der Waals surface area contributed by atoms with Gasteiger partial charge in [-0.25, -0.2) is 4.68 Å². The lowest BCUT2D eigenvalue weighted by Crippen LogP contribution is -2.00. The highest BCUT2D eigenvalue weighted by Crippen LogP contribution is 2.36. The first-order valence-electron chi connectivity index (χ1n) is 6.89. The second-order valence-electron chi connectivity index (χ2n) is 5.05. The summed E-state index contributed by atoms with van der Waals surface area (Å²) in [6.45, 7) is -0.103. The zero-order valence-electron chi connectivity index (χ0n) is 11.8. The molecule has 23 heavy (non-hydrogen) atoms. The van der Waals surface area contributed by atoms with Crippen LogP contribution in [0.15, 0.2) is 36.4 Å². The summed E-state index contributed by atoms with van der Waals surface area (Å²) in [5, 5.41) is 14.6. The van der Waals surface area contributed by atoms with Crippen molar-refractivity contribution in [2.24, 2.45) is 0 Å². The van der Waals surface area contributed by atoms with Gasteiger partial charge in [-0.1, -0.05) is 18.2 Å². The second kappa shape index (κ2) is 5.15. The number of para-hydroxylation sites is 1. The molecule has 0 aliphatic heterocycles. The van der Waals surface area contributed by atoms with Crippen LogP contribution in [0.5, 0.6) is 0 Å². The fraction of sp³-hybridized carbons (Fsp3) is 0.0625. The van der Waals surface area contributed by atoms with Gasteiger partial charge >= 0.3 is 0 Å². The summed E-state index contributed by atoms with van der Waals surface area (Å²) in [6.07, 6.45) is 1.36. The van der Waals surface area contributed by atoms with Crippen molar-refractivity contribution >= 4 is 45.3 Å². The van der Waals surface area contributed by atoms with Crippen molar-refractivity contribution in [3.63, 3.8) is 0 Å². The maximum atomic E-state index is 11.6. The predicted octanol–water partition coefficient (Wildman–Crippen LogP) is 2.29. The van der Waals surface area contributed by atoms with Crippen molar-refractivity contribution in [3.05, 3.63) is 41.3 Å². The number of aromatic nitrogens is 3. The lowest BCUT2D eigenvalue weighted by molar-refractivity contribution is 0.285. The maximum Gasteiger partial charge on any atom is 0.234 e. The Morgan fingerprint density at radius 1 is 1.13 bits per heavy atom. The Morgan fingerprint density at radius 3 is 2.70 bits per heavy atom. The van der Waals surface area contributed by atoms with E-state index in [-0.39, 0.29) is 6.61 Å². The highest BCUT2D eigenvalue weighted by molar-refractivity contribution is 7.19. The van der Waals surface area contributed by atoms with Gasteiger partial charge in [0.1, 0.15) is 5.69 Å². The molecule has 114 valence electrons. The van der Waals surface area contributed by atoms with E-state index in [1.807, 2.05) is 30.3 Å². The summed E-state index contributed by atoms with van der Waals surface area (Å²) in [7, 11) is 0. The molecule has 0 bridgehead atoms. The number of aliphatic hydroxyl groups excluding tert-OH is 1. The average Bonchev–Trinajstić information content (AvgIpc) is 3.24. The second-order valence-corrected chi connectivity index (χ2v) is 6.18. The number of carbonyl (C=O) groups excluding carboxylic acids is 2. The number of aliphatic hydroxyl groups is 1. The lowest BCUT2D eigenvalue weighted by Gasteiger charge is -1.99. The van der Waals surface area contributed by atoms with E-state index in [9.17, 15) is 14.7 Å². The molecule has 0 aliphatic rings. The zero-order valence-corrected chi connectivity index (χ0v) is 12.7. The number of carbonyl (C=O) groups is 2. The van der Waals surface area contributed by atoms with Crippen molar-refractivity contribution in [3.8, 4) is 11.4 Å². The standard InChI is InChI=1S/C16H11N3O3S/c20-7-11-6-14-16(23-11)15(17-19(14)9-22)13-5-10-3-1-2-4-12(10)18(13)8-21/h1-6,8-9,20H,7H2. The number of hydrogen-bond acceptors (Lipinski definition) is 5. The van der Waals surface area contributed by atoms with Crippen LogP contribution in [0, 0.1) is 0 Å². The Labute approximate surface area is 134 Å². The molecule has 7 heteroatoms. The summed E-state index contributed by atoms with van der Waals surface area (Å²) < 4.78 is 3.52. The first-order chi connectivity index (χ1) is 11.3. The number of thiophene rings is 1. The fourth-order valence-corrected chi connectivity index (χ4v) is 3.77. The average molecular weight is 325 g/mol. The summed E-state index contributed by atoms with van der Waals surface area (Å²) >= 11 is 1.36. The highest BCUT2D eigenvalue weighted by atomic mass is 32.1. The van der Waals surface area contributed by atoms with Crippen LogP contribution in [-0.2, 0) is 16.2 Å². The normalized spacial score (nSPS) is 11.3. The molecular formula is C16H11N3O3S. The van der Waals surface area contributed by atoms with Crippen LogP contribution in [-0.4, -0.2) is 32.3 Å². The van der Waals surface area contributed by atoms with Crippen molar-refractivity contribution in [2.45, 2.75) is 6.61 Å². The number of fused-ring (bicyclic) bond motifs is 2. The van der Waals surface area contributed by atoms with Gasteiger partial charge in [-0.2, -0.15) is 5.10 Å². The molecule has 0 radical (unpaired) electrons. The molecule has 4 rings (SSSR count). The Morgan fingerprint density at radius 2 is 1.96 bits per heavy atom. The summed E-state index contributed by atoms with van der Waals surface area (Å²) in [5.74, 6) is 0. The fourth-order valence-electron chi connectivity index (χ4n) is 2.78. The molecule has 0 saturated heterocycles. The van der Waals surface area contributed by atoms with Crippen molar-refractivity contribution in [1.82, 2.24) is 14.3 Å². The molecule has 0 atom stereocenters. The van der Waals surface area contributed by atoms with Crippen LogP contribution >= 0.6 is 11.3 Å². The maximum absolute atomic E-state index is 11.6. The third kappa shape index (κ3) is 1.94. The third-order valence-corrected chi connectivity index (χ3v) is 4.90. The van der Waals surface area contributed by atoms with Gasteiger partial charge in [0.25, 0.3) is 0 Å². The van der Waals surface area contributed by atoms with Gasteiger partial charge in [0.2, 0.25) is 12.8 Å². The van der Waals surface area contributed by atoms with Crippen LogP contribution in [0.25, 0.3) is 32.5 Å². The summed E-state index contributed by atoms with van der Waals surface area (Å²) in [6, 6.07) is 11.1. The van der Waals surface area contributed by atoms with E-state index in [2.05, 4.69) is 5.10 Å². The van der Waals surface area contributed by atoms with Gasteiger partial charge in [-0.15, -0.1) is 11.3 Å². The monoisotopic (exact) mass is 325 g/mol. The van der Waals surface area contributed by atoms with Crippen molar-refractivity contribution in [2.75, 3.05) is 0 Å². The number of benzene rings is 1. The van der Waals surface area contributed by atoms with Gasteiger partial charge in [0.05, 0.1) is 28.0 Å². The molecule has 0 fully saturated rings. The molecule has 6 nitrogen and oxygen atoms in total. The van der Waals surface area contributed by atoms with E-state index < -0.39 is 0 Å². The van der Waals surface area contributed by atoms with E-state index in [0.29, 0.717) is 23.3 Å². The topological polar surface area (TPSA) is 77.1 Å². The first kappa shape index (κ1) is 13.9. The van der Waals surface area contributed by atoms with Crippen LogP contribution in [0.4, 0.5) is 0 Å². The zero-order chi connectivity index (χ0) is 16.0. The van der Waals surface area contributed by atoms with E-state index >= 15 is 0 Å². The molecule has 0 saturated carbocycles. The van der Waals surface area contributed by atoms with Crippen LogP contribution in [0.3, 0.4) is 0 Å². The molecule has 4 aromatic rings. The molecule has 0 amide bonds. The SMILES string of the molecule is O=Cn1nc(-c2cc3ccccc3n2C=O)c2sc(CO)cc21. The smallest absolute Gasteiger partial charge is 0.234 e. The Balaban J connectivity index is 2.08. The van der Waals surface area contributed by atoms with Crippen LogP contribution in [0.2, 0.25) is 0 Å². The molecule has 1 N–H and O–H groups in total. The highest BCUT2D eigenvalue weighted by Gasteiger charge is 2.20. The van der Waals surface area contributed by atoms with E-state index in [1.54, 1.807) is 6.07 Å². The number of nitrogens with zero attached hydrogens (tertiary/aromatic N) is 3. The summed E-state index contributed by atoms with van der Waals surface area (Å²) in [5.41, 5.74) is 2.59. The minimum atomic E-state index is -0.103. The third-order valence-electron chi connectivity index (χ3n) is 3.78. The van der Waals surface area contributed by atoms with Gasteiger partial charge in [0, 0.05) is 10.3 Å². The molecule has 0 spiro atoms. The van der Waals surface area contributed by atoms with E-state index in [0.717, 1.165) is 26.9 Å². The van der Waals surface area contributed by atoms with Gasteiger partial charge in [0.15, 0.2) is 0 Å². The van der Waals surface area contributed by atoms with Gasteiger partial charge in [-0.05, 0) is 18.2 Å². The minimum Gasteiger partial charge on any atom is -0.391 e. The van der Waals surface area contributed by atoms with Gasteiger partial charge < -0.3 is 5.11 Å². The number of hydrogen-bond donors (Lipinski definition) is 1. The largest absolute Gasteiger partial charge is 0.391 e. The molecule has 3 aromatic heterocycles. The van der Waals surface area contributed by atoms with Gasteiger partial charge in [-0.3, -0.25) is 14.2 Å². The Hall–Kier alpha value is -2.77. The summed E-state index contributed by atoms with van der Waals surface area (Å²) in [4.78, 5) is 23.6. The molecule has 1 aromatic carbocycles. The Bertz CT molecular complexity index is 1060. The van der Waals surface area contributed by atoms with E-state index in [1.165, 1.54) is 20.6 Å². The minimum absolute atomic E-state index is 0.103. The first-order valence-corrected chi connectivity index (χ1v) is 7.71. The predicted molar refractivity (Wildman–Crippen MR) is 88.8 cm³/mol. The van der Waals surface area contributed by atoms with Crippen LogP contribution < -0.4 is 0 Å². The molecule has 0 unspecified atom stereocenters. The molecule has 3 heterocycles. The lowest BCUT2D eigenvalue weighted by atomic mass is 10.2.